The third-order valence-electron chi connectivity index (χ3n) is 15.1. The molecule has 17 heteroatoms. The van der Waals surface area contributed by atoms with Crippen LogP contribution in [0.4, 0.5) is 0 Å². The fourth-order valence-electron chi connectivity index (χ4n) is 10.5. The van der Waals surface area contributed by atoms with Crippen LogP contribution in [0.2, 0.25) is 0 Å². The number of ether oxygens (including phenoxy) is 5. The summed E-state index contributed by atoms with van der Waals surface area (Å²) in [5, 5.41) is 35.6. The Kier molecular flexibility index (Phi) is 23.4. The lowest BCUT2D eigenvalue weighted by Crippen LogP contribution is -2.61. The van der Waals surface area contributed by atoms with Gasteiger partial charge in [-0.25, -0.2) is 4.79 Å². The van der Waals surface area contributed by atoms with Gasteiger partial charge in [0.1, 0.15) is 30.1 Å². The second-order valence-corrected chi connectivity index (χ2v) is 20.6. The monoisotopic (exact) mass is 982 g/mol. The number of ketones is 3. The molecule has 0 radical (unpaired) electrons. The molecule has 392 valence electrons. The van der Waals surface area contributed by atoms with Gasteiger partial charge >= 0.3 is 5.97 Å². The highest BCUT2D eigenvalue weighted by Gasteiger charge is 2.53. The number of aliphatic hydroxyl groups excluding tert-OH is 1. The van der Waals surface area contributed by atoms with Crippen molar-refractivity contribution in [2.24, 2.45) is 41.4 Å². The number of H-pyrrole nitrogens is 1. The number of rotatable bonds is 6. The lowest BCUT2D eigenvalue weighted by atomic mass is 9.76. The van der Waals surface area contributed by atoms with E-state index in [0.29, 0.717) is 56.4 Å². The smallest absolute Gasteiger partial charge is 0.329 e. The normalized spacial score (nSPS) is 36.9. The van der Waals surface area contributed by atoms with E-state index in [1.807, 2.05) is 58.1 Å². The maximum atomic E-state index is 14.4. The molecule has 1 aliphatic carbocycles. The van der Waals surface area contributed by atoms with E-state index in [4.69, 9.17) is 23.7 Å². The Bertz CT molecular complexity index is 1950. The highest BCUT2D eigenvalue weighted by Crippen LogP contribution is 2.38. The van der Waals surface area contributed by atoms with Gasteiger partial charge in [-0.1, -0.05) is 83.2 Å². The standard InChI is InChI=1S/C52H81NO12.CH2N4/c1-31-17-13-12-14-18-32(2)44(62-10)29-40-23-21-38(8)52(60,65-40)49(57)50(58)53-24-16-15-19-41(53)51(59)64-45(35(5)27-39-22-20-33(3)43(28-39)61-9)30-42(54)34(4)26-37(7)47(56)48(63-11)46(55)36(6)25-31;1-2-4-5-3-1/h12-14,17-18,26,31,33-36,38-41,43-45,47-48,56,60H,15-16,19-25,27-30H2,1-11H3;1H,(H,2,3,4,5)/b14-12?,17-13+,32-18?,37-26+;/t31?,33-,34+,35?,36-,38+,39?,40-,41-,43+,44?,45-,47+,48-,52+;/m0./s1. The first kappa shape index (κ1) is 58.3. The summed E-state index contributed by atoms with van der Waals surface area (Å²) in [5.74, 6) is -7.07. The van der Waals surface area contributed by atoms with Gasteiger partial charge in [-0.2, -0.15) is 5.21 Å². The molecule has 3 aliphatic heterocycles. The van der Waals surface area contributed by atoms with E-state index in [2.05, 4.69) is 27.5 Å². The Morgan fingerprint density at radius 3 is 2.27 bits per heavy atom. The summed E-state index contributed by atoms with van der Waals surface area (Å²) < 4.78 is 29.7. The minimum absolute atomic E-state index is 0.0304. The quantitative estimate of drug-likeness (QED) is 0.154. The highest BCUT2D eigenvalue weighted by atomic mass is 16.6. The molecule has 1 aromatic rings. The number of hydrogen-bond donors (Lipinski definition) is 3. The fraction of sp³-hybridized carbons (Fsp3) is 0.736. The van der Waals surface area contributed by atoms with E-state index in [9.17, 15) is 34.2 Å². The zero-order valence-electron chi connectivity index (χ0n) is 43.6. The van der Waals surface area contributed by atoms with Gasteiger partial charge in [0, 0.05) is 58.5 Å². The Balaban J connectivity index is 0.00000200. The molecule has 2 saturated heterocycles. The third kappa shape index (κ3) is 16.1. The van der Waals surface area contributed by atoms with Gasteiger partial charge in [0.25, 0.3) is 11.7 Å². The van der Waals surface area contributed by atoms with Crippen LogP contribution in [0.3, 0.4) is 0 Å². The topological polar surface area (TPSA) is 230 Å². The van der Waals surface area contributed by atoms with Crippen molar-refractivity contribution in [2.45, 2.75) is 181 Å². The summed E-state index contributed by atoms with van der Waals surface area (Å²) >= 11 is 0. The lowest BCUT2D eigenvalue weighted by molar-refractivity contribution is -0.265. The number of methoxy groups -OCH3 is 3. The molecule has 0 aromatic carbocycles. The Morgan fingerprint density at radius 2 is 1.63 bits per heavy atom. The summed E-state index contributed by atoms with van der Waals surface area (Å²) in [5.41, 5.74) is 1.30. The second-order valence-electron chi connectivity index (χ2n) is 20.6. The minimum atomic E-state index is -2.41. The van der Waals surface area contributed by atoms with Gasteiger partial charge in [0.2, 0.25) is 5.79 Å². The van der Waals surface area contributed by atoms with Crippen molar-refractivity contribution in [2.75, 3.05) is 27.9 Å². The Labute approximate surface area is 415 Å². The number of aliphatic hydroxyl groups is 2. The number of fused-ring (bicyclic) bond motifs is 3. The number of tetrazole rings is 1. The van der Waals surface area contributed by atoms with Crippen molar-refractivity contribution in [3.05, 3.63) is 53.9 Å². The average Bonchev–Trinajstić information content (AvgIpc) is 3.94. The van der Waals surface area contributed by atoms with Crippen molar-refractivity contribution in [1.29, 1.82) is 0 Å². The maximum absolute atomic E-state index is 14.4. The van der Waals surface area contributed by atoms with Crippen LogP contribution >= 0.6 is 0 Å². The number of nitrogens with one attached hydrogen (secondary N) is 1. The number of aromatic nitrogens is 4. The molecule has 70 heavy (non-hydrogen) atoms. The number of cyclic esters (lactones) is 1. The average molecular weight is 982 g/mol. The number of amides is 1. The number of allylic oxidation sites excluding steroid dienone is 6. The summed E-state index contributed by atoms with van der Waals surface area (Å²) in [7, 11) is 4.70. The van der Waals surface area contributed by atoms with Crippen LogP contribution in [0.15, 0.2) is 53.9 Å². The molecule has 1 saturated carbocycles. The second kappa shape index (κ2) is 28.1. The van der Waals surface area contributed by atoms with E-state index in [1.54, 1.807) is 41.1 Å². The molecule has 2 bridgehead atoms. The van der Waals surface area contributed by atoms with Crippen molar-refractivity contribution in [1.82, 2.24) is 25.5 Å². The van der Waals surface area contributed by atoms with Gasteiger partial charge in [-0.15, -0.1) is 10.2 Å². The Hall–Kier alpha value is -4.26. The highest BCUT2D eigenvalue weighted by molar-refractivity contribution is 6.39. The van der Waals surface area contributed by atoms with Crippen LogP contribution in [0.5, 0.6) is 0 Å². The van der Waals surface area contributed by atoms with Crippen LogP contribution in [-0.2, 0) is 47.7 Å². The first-order valence-corrected chi connectivity index (χ1v) is 25.4. The predicted octanol–water partition coefficient (Wildman–Crippen LogP) is 6.66. The number of nitrogens with zero attached hydrogens (tertiary/aromatic N) is 4. The van der Waals surface area contributed by atoms with E-state index in [0.717, 1.165) is 24.8 Å². The van der Waals surface area contributed by atoms with Crippen molar-refractivity contribution >= 4 is 29.2 Å². The first-order chi connectivity index (χ1) is 33.2. The van der Waals surface area contributed by atoms with E-state index < -0.39 is 77.8 Å². The predicted molar refractivity (Wildman–Crippen MR) is 262 cm³/mol. The summed E-state index contributed by atoms with van der Waals surface area (Å²) in [6, 6.07) is -1.11. The van der Waals surface area contributed by atoms with Crippen molar-refractivity contribution in [3.63, 3.8) is 0 Å². The minimum Gasteiger partial charge on any atom is -0.460 e. The zero-order chi connectivity index (χ0) is 51.7. The molecule has 4 aliphatic rings. The van der Waals surface area contributed by atoms with E-state index >= 15 is 0 Å². The number of aromatic amines is 1. The molecule has 5 rings (SSSR count). The molecular weight excluding hydrogens is 899 g/mol. The van der Waals surface area contributed by atoms with Gasteiger partial charge in [0.15, 0.2) is 12.1 Å². The summed E-state index contributed by atoms with van der Waals surface area (Å²) in [6.45, 7) is 15.1. The van der Waals surface area contributed by atoms with Crippen LogP contribution in [0.1, 0.15) is 132 Å². The van der Waals surface area contributed by atoms with Gasteiger partial charge in [-0.05, 0) is 113 Å². The molecule has 1 aromatic heterocycles. The van der Waals surface area contributed by atoms with Gasteiger partial charge < -0.3 is 38.8 Å². The number of hydrogen-bond acceptors (Lipinski definition) is 15. The molecule has 1 amide bonds. The molecule has 15 atom stereocenters. The first-order valence-electron chi connectivity index (χ1n) is 25.4. The molecule has 3 fully saturated rings. The molecular formula is C53H83N5O12. The maximum Gasteiger partial charge on any atom is 0.329 e. The summed E-state index contributed by atoms with van der Waals surface area (Å²) in [4.78, 5) is 71.9. The number of Topliss-reactive ketones (excluding diaryl/α,β-unsaturated/α-hetero) is 3. The van der Waals surface area contributed by atoms with E-state index in [1.165, 1.54) is 18.3 Å². The van der Waals surface area contributed by atoms with Crippen molar-refractivity contribution in [3.8, 4) is 0 Å². The molecule has 17 nitrogen and oxygen atoms in total. The zero-order valence-corrected chi connectivity index (χ0v) is 43.6. The van der Waals surface area contributed by atoms with Crippen LogP contribution in [0.25, 0.3) is 0 Å². The molecule has 4 unspecified atom stereocenters. The Morgan fingerprint density at radius 1 is 0.886 bits per heavy atom. The summed E-state index contributed by atoms with van der Waals surface area (Å²) in [6.07, 6.45) is 15.0. The van der Waals surface area contributed by atoms with Gasteiger partial charge in [-0.3, -0.25) is 19.2 Å². The molecule has 0 spiro atoms. The van der Waals surface area contributed by atoms with Crippen molar-refractivity contribution < 1.29 is 57.9 Å². The molecule has 3 N–H and O–H groups in total. The van der Waals surface area contributed by atoms with Gasteiger partial charge in [0.05, 0.1) is 18.3 Å². The number of esters is 1. The SMILES string of the molecule is COC1C[C@@H]2CC[C@@H](C)[C@@](O)(O2)C(=O)C(=O)N2CCCC[C@H]2C(=O)O[C@H](C(C)CC2CC[C@H](C)[C@H](OC)C2)CC(=O)[C@H](C)/C=C(\C)[C@@H](O)[C@@H](OC)C(=O)[C@@H](C)CC(C)/C=C/C=CC=C1C.c1nn[nH]n1. The van der Waals surface area contributed by atoms with Crippen LogP contribution in [0, 0.1) is 41.4 Å². The number of piperidine rings is 1. The number of carbonyl (C=O) groups excluding carboxylic acids is 5. The fourth-order valence-corrected chi connectivity index (χ4v) is 10.5. The largest absolute Gasteiger partial charge is 0.460 e. The van der Waals surface area contributed by atoms with Crippen LogP contribution < -0.4 is 0 Å². The molecule has 4 heterocycles. The van der Waals surface area contributed by atoms with Crippen LogP contribution in [-0.4, -0.2) is 141 Å². The lowest BCUT2D eigenvalue weighted by Gasteiger charge is -2.42. The third-order valence-corrected chi connectivity index (χ3v) is 15.1. The number of carbonyl (C=O) groups is 5. The van der Waals surface area contributed by atoms with E-state index in [-0.39, 0.29) is 54.8 Å².